The fourth-order valence-corrected chi connectivity index (χ4v) is 5.17. The van der Waals surface area contributed by atoms with Gasteiger partial charge in [-0.1, -0.05) is 41.9 Å². The van der Waals surface area contributed by atoms with Gasteiger partial charge in [0.15, 0.2) is 0 Å². The molecule has 5 amide bonds. The van der Waals surface area contributed by atoms with E-state index in [2.05, 4.69) is 10.6 Å². The molecule has 0 bridgehead atoms. The zero-order valence-corrected chi connectivity index (χ0v) is 20.7. The highest BCUT2D eigenvalue weighted by Crippen LogP contribution is 2.34. The summed E-state index contributed by atoms with van der Waals surface area (Å²) in [4.78, 5) is 53.3. The first-order valence-corrected chi connectivity index (χ1v) is 12.6. The summed E-state index contributed by atoms with van der Waals surface area (Å²) in [5.41, 5.74) is 1.02. The number of benzene rings is 2. The third kappa shape index (κ3) is 6.06. The molecule has 2 unspecified atom stereocenters. The normalized spacial score (nSPS) is 18.8. The summed E-state index contributed by atoms with van der Waals surface area (Å²) in [5, 5.41) is 7.00. The number of hydrogen-bond acceptors (Lipinski definition) is 5. The molecule has 11 heteroatoms. The minimum atomic E-state index is -0.661. The van der Waals surface area contributed by atoms with E-state index in [9.17, 15) is 23.6 Å². The molecule has 0 aliphatic carbocycles. The van der Waals surface area contributed by atoms with Crippen LogP contribution in [0, 0.1) is 5.82 Å². The first-order chi connectivity index (χ1) is 17.3. The van der Waals surface area contributed by atoms with Crippen molar-refractivity contribution in [3.8, 4) is 0 Å². The van der Waals surface area contributed by atoms with Gasteiger partial charge >= 0.3 is 6.03 Å². The topological polar surface area (TPSA) is 98.8 Å². The van der Waals surface area contributed by atoms with Crippen LogP contribution in [-0.2, 0) is 20.8 Å². The molecule has 36 heavy (non-hydrogen) atoms. The Balaban J connectivity index is 1.33. The van der Waals surface area contributed by atoms with Gasteiger partial charge in [0.1, 0.15) is 17.6 Å². The zero-order chi connectivity index (χ0) is 25.7. The van der Waals surface area contributed by atoms with Crippen LogP contribution < -0.4 is 10.6 Å². The Morgan fingerprint density at radius 1 is 1.06 bits per heavy atom. The molecular formula is C25H24ClFN4O4S. The summed E-state index contributed by atoms with van der Waals surface area (Å²) in [6.07, 6.45) is 2.24. The Morgan fingerprint density at radius 3 is 2.56 bits per heavy atom. The summed E-state index contributed by atoms with van der Waals surface area (Å²) in [6.45, 7) is -0.0782. The number of anilines is 1. The number of nitrogens with one attached hydrogen (secondary N) is 2. The van der Waals surface area contributed by atoms with Crippen LogP contribution in [0.4, 0.5) is 14.9 Å². The number of amides is 5. The molecule has 2 aliphatic heterocycles. The van der Waals surface area contributed by atoms with Crippen LogP contribution in [0.15, 0.2) is 60.0 Å². The van der Waals surface area contributed by atoms with E-state index in [1.165, 1.54) is 34.9 Å². The maximum Gasteiger partial charge on any atom is 0.327 e. The highest BCUT2D eigenvalue weighted by atomic mass is 35.5. The van der Waals surface area contributed by atoms with E-state index in [1.54, 1.807) is 29.7 Å². The minimum Gasteiger partial charge on any atom is -0.356 e. The minimum absolute atomic E-state index is 0.00283. The second-order valence-corrected chi connectivity index (χ2v) is 9.77. The number of carbonyl (C=O) groups is 4. The Labute approximate surface area is 216 Å². The summed E-state index contributed by atoms with van der Waals surface area (Å²) < 4.78 is 13.9. The number of nitrogens with zero attached hydrogens (tertiary/aromatic N) is 2. The molecule has 2 aromatic carbocycles. The molecular weight excluding hydrogens is 507 g/mol. The van der Waals surface area contributed by atoms with Gasteiger partial charge in [0.05, 0.1) is 11.7 Å². The molecule has 2 aromatic rings. The monoisotopic (exact) mass is 530 g/mol. The summed E-state index contributed by atoms with van der Waals surface area (Å²) in [7, 11) is 0. The van der Waals surface area contributed by atoms with Crippen molar-refractivity contribution < 1.29 is 23.6 Å². The van der Waals surface area contributed by atoms with E-state index < -0.39 is 35.0 Å². The summed E-state index contributed by atoms with van der Waals surface area (Å²) in [6, 6.07) is 11.8. The van der Waals surface area contributed by atoms with E-state index >= 15 is 0 Å². The Hall–Kier alpha value is -3.37. The largest absolute Gasteiger partial charge is 0.356 e. The number of hydrogen-bond donors (Lipinski definition) is 2. The third-order valence-corrected chi connectivity index (χ3v) is 7.17. The molecule has 4 rings (SSSR count). The van der Waals surface area contributed by atoms with E-state index in [0.717, 1.165) is 10.5 Å². The smallest absolute Gasteiger partial charge is 0.327 e. The standard InChI is InChI=1S/C25H24ClFN4O4S/c26-17-7-5-16(6-8-17)9-12-28-21(32)10-13-30-24(34)23-20(11-14-36-23)31(25(30)35)15-22(33)29-19-4-2-1-3-18(19)27/h1-8,11,14,20,23H,9-10,12-13,15H2,(H,28,32)(H,29,33). The van der Waals surface area contributed by atoms with E-state index in [0.29, 0.717) is 18.0 Å². The molecule has 2 heterocycles. The van der Waals surface area contributed by atoms with E-state index in [4.69, 9.17) is 11.6 Å². The van der Waals surface area contributed by atoms with E-state index in [1.807, 2.05) is 12.1 Å². The highest BCUT2D eigenvalue weighted by Gasteiger charge is 2.47. The lowest BCUT2D eigenvalue weighted by atomic mass is 10.1. The number of halogens is 2. The van der Waals surface area contributed by atoms with Crippen LogP contribution in [0.3, 0.4) is 0 Å². The average molecular weight is 531 g/mol. The molecule has 2 aliphatic rings. The van der Waals surface area contributed by atoms with Crippen molar-refractivity contribution in [3.63, 3.8) is 0 Å². The van der Waals surface area contributed by atoms with Crippen LogP contribution in [0.2, 0.25) is 5.02 Å². The fourth-order valence-electron chi connectivity index (χ4n) is 3.98. The maximum atomic E-state index is 13.9. The van der Waals surface area contributed by atoms with Gasteiger partial charge in [0.25, 0.3) is 0 Å². The van der Waals surface area contributed by atoms with Crippen LogP contribution in [0.5, 0.6) is 0 Å². The summed E-state index contributed by atoms with van der Waals surface area (Å²) >= 11 is 7.13. The summed E-state index contributed by atoms with van der Waals surface area (Å²) in [5.74, 6) is -1.89. The molecule has 1 saturated heterocycles. The lowest BCUT2D eigenvalue weighted by molar-refractivity contribution is -0.133. The van der Waals surface area contributed by atoms with Crippen molar-refractivity contribution in [1.82, 2.24) is 15.1 Å². The number of thioether (sulfide) groups is 1. The van der Waals surface area contributed by atoms with Gasteiger partial charge in [-0.2, -0.15) is 0 Å². The SMILES string of the molecule is O=C(CCN1C(=O)C2SC=CC2N(CC(=O)Nc2ccccc2F)C1=O)NCCc1ccc(Cl)cc1. The predicted molar refractivity (Wildman–Crippen MR) is 136 cm³/mol. The number of imide groups is 1. The quantitative estimate of drug-likeness (QED) is 0.517. The molecule has 2 N–H and O–H groups in total. The third-order valence-electron chi connectivity index (χ3n) is 5.83. The molecule has 2 atom stereocenters. The fraction of sp³-hybridized carbons (Fsp3) is 0.280. The lowest BCUT2D eigenvalue weighted by Gasteiger charge is -2.40. The van der Waals surface area contributed by atoms with Gasteiger partial charge in [-0.25, -0.2) is 9.18 Å². The highest BCUT2D eigenvalue weighted by molar-refractivity contribution is 8.03. The van der Waals surface area contributed by atoms with Crippen molar-refractivity contribution in [1.29, 1.82) is 0 Å². The molecule has 0 aromatic heterocycles. The van der Waals surface area contributed by atoms with Crippen molar-refractivity contribution in [2.75, 3.05) is 25.0 Å². The van der Waals surface area contributed by atoms with Gasteiger partial charge in [0, 0.05) is 24.5 Å². The second-order valence-electron chi connectivity index (χ2n) is 8.28. The molecule has 188 valence electrons. The number of fused-ring (bicyclic) bond motifs is 1. The molecule has 0 saturated carbocycles. The Bertz CT molecular complexity index is 1190. The van der Waals surface area contributed by atoms with Crippen molar-refractivity contribution >= 4 is 52.8 Å². The van der Waals surface area contributed by atoms with Crippen LogP contribution in [0.25, 0.3) is 0 Å². The number of para-hydroxylation sites is 1. The van der Waals surface area contributed by atoms with Crippen LogP contribution in [-0.4, -0.2) is 64.5 Å². The average Bonchev–Trinajstić information content (AvgIpc) is 3.35. The van der Waals surface area contributed by atoms with Crippen LogP contribution >= 0.6 is 23.4 Å². The molecule has 8 nitrogen and oxygen atoms in total. The van der Waals surface area contributed by atoms with Crippen molar-refractivity contribution in [2.45, 2.75) is 24.1 Å². The molecule has 1 fully saturated rings. The van der Waals surface area contributed by atoms with Gasteiger partial charge in [-0.3, -0.25) is 19.3 Å². The lowest BCUT2D eigenvalue weighted by Crippen LogP contribution is -2.63. The molecule has 0 spiro atoms. The molecule has 0 radical (unpaired) electrons. The number of carbonyl (C=O) groups excluding carboxylic acids is 4. The number of rotatable bonds is 9. The van der Waals surface area contributed by atoms with Gasteiger partial charge in [-0.05, 0) is 41.7 Å². The maximum absolute atomic E-state index is 13.9. The first kappa shape index (κ1) is 25.7. The van der Waals surface area contributed by atoms with Crippen molar-refractivity contribution in [2.24, 2.45) is 0 Å². The number of urea groups is 1. The van der Waals surface area contributed by atoms with Gasteiger partial charge < -0.3 is 15.5 Å². The Morgan fingerprint density at radius 2 is 1.81 bits per heavy atom. The van der Waals surface area contributed by atoms with Crippen molar-refractivity contribution in [3.05, 3.63) is 76.4 Å². The van der Waals surface area contributed by atoms with E-state index in [-0.39, 0.29) is 31.1 Å². The predicted octanol–water partition coefficient (Wildman–Crippen LogP) is 3.43. The van der Waals surface area contributed by atoms with Crippen LogP contribution in [0.1, 0.15) is 12.0 Å². The van der Waals surface area contributed by atoms with Gasteiger partial charge in [-0.15, -0.1) is 11.8 Å². The van der Waals surface area contributed by atoms with Gasteiger partial charge in [0.2, 0.25) is 17.7 Å². The Kier molecular flexibility index (Phi) is 8.27. The second kappa shape index (κ2) is 11.6. The zero-order valence-electron chi connectivity index (χ0n) is 19.2. The first-order valence-electron chi connectivity index (χ1n) is 11.3.